The van der Waals surface area contributed by atoms with Gasteiger partial charge >= 0.3 is 5.97 Å². The fourth-order valence-corrected chi connectivity index (χ4v) is 3.71. The molecule has 0 saturated heterocycles. The molecule has 2 aliphatic carbocycles. The highest BCUT2D eigenvalue weighted by Crippen LogP contribution is 2.33. The molecule has 130 valence electrons. The number of aryl methyl sites for hydroxylation is 1. The number of carboxylic acid groups (broad SMARTS) is 1. The quantitative estimate of drug-likeness (QED) is 0.777. The van der Waals surface area contributed by atoms with Gasteiger partial charge in [-0.1, -0.05) is 6.07 Å². The molecule has 3 atom stereocenters. The van der Waals surface area contributed by atoms with Gasteiger partial charge in [0.1, 0.15) is 11.5 Å². The Hall–Kier alpha value is -2.54. The molecule has 1 fully saturated rings. The summed E-state index contributed by atoms with van der Waals surface area (Å²) >= 11 is 0. The van der Waals surface area contributed by atoms with Crippen molar-refractivity contribution in [2.45, 2.75) is 44.2 Å². The first-order chi connectivity index (χ1) is 12.1. The molecule has 2 aromatic heterocycles. The van der Waals surface area contributed by atoms with Crippen molar-refractivity contribution in [1.29, 1.82) is 0 Å². The van der Waals surface area contributed by atoms with E-state index in [4.69, 9.17) is 0 Å². The minimum Gasteiger partial charge on any atom is -0.481 e. The Kier molecular flexibility index (Phi) is 4.09. The van der Waals surface area contributed by atoms with Crippen molar-refractivity contribution in [2.24, 2.45) is 5.92 Å². The van der Waals surface area contributed by atoms with E-state index in [2.05, 4.69) is 20.3 Å². The smallest absolute Gasteiger partial charge is 0.306 e. The average molecular weight is 340 g/mol. The molecule has 2 heterocycles. The first-order valence-corrected chi connectivity index (χ1v) is 8.60. The number of aliphatic hydroxyl groups excluding tert-OH is 1. The van der Waals surface area contributed by atoms with Crippen LogP contribution in [0.15, 0.2) is 24.4 Å². The molecule has 25 heavy (non-hydrogen) atoms. The number of hydrogen-bond donors (Lipinski definition) is 3. The summed E-state index contributed by atoms with van der Waals surface area (Å²) in [6.07, 6.45) is 4.50. The lowest BCUT2D eigenvalue weighted by Gasteiger charge is -2.19. The predicted molar refractivity (Wildman–Crippen MR) is 91.1 cm³/mol. The van der Waals surface area contributed by atoms with E-state index in [1.54, 1.807) is 6.20 Å². The topological polar surface area (TPSA) is 108 Å². The van der Waals surface area contributed by atoms with Crippen LogP contribution in [0.1, 0.15) is 30.5 Å². The van der Waals surface area contributed by atoms with E-state index in [1.807, 2.05) is 18.2 Å². The van der Waals surface area contributed by atoms with Crippen LogP contribution in [0.25, 0.3) is 11.5 Å². The zero-order chi connectivity index (χ0) is 17.4. The number of carbonyl (C=O) groups is 1. The van der Waals surface area contributed by atoms with Crippen LogP contribution in [0.4, 0.5) is 5.82 Å². The van der Waals surface area contributed by atoms with Gasteiger partial charge in [0.25, 0.3) is 0 Å². The van der Waals surface area contributed by atoms with Crippen LogP contribution in [0.2, 0.25) is 0 Å². The first kappa shape index (κ1) is 16.0. The standard InChI is InChI=1S/C18H20N4O3/c23-15-9-10(18(24)25)8-14(15)21-16-11-4-3-6-12(11)20-17(22-16)13-5-1-2-7-19-13/h1-2,5,7,10,14-15,23H,3-4,6,8-9H2,(H,24,25)(H,20,21,22). The Morgan fingerprint density at radius 1 is 1.20 bits per heavy atom. The van der Waals surface area contributed by atoms with Gasteiger partial charge in [-0.15, -0.1) is 0 Å². The Labute approximate surface area is 145 Å². The molecular formula is C18H20N4O3. The van der Waals surface area contributed by atoms with Crippen molar-refractivity contribution >= 4 is 11.8 Å². The molecule has 1 saturated carbocycles. The summed E-state index contributed by atoms with van der Waals surface area (Å²) in [6.45, 7) is 0. The summed E-state index contributed by atoms with van der Waals surface area (Å²) in [5, 5.41) is 22.7. The second-order valence-electron chi connectivity index (χ2n) is 6.71. The fraction of sp³-hybridized carbons (Fsp3) is 0.444. The zero-order valence-corrected chi connectivity index (χ0v) is 13.7. The Bertz CT molecular complexity index is 796. The van der Waals surface area contributed by atoms with Gasteiger partial charge in [0.15, 0.2) is 5.82 Å². The largest absolute Gasteiger partial charge is 0.481 e. The number of rotatable bonds is 4. The normalized spacial score (nSPS) is 24.9. The monoisotopic (exact) mass is 340 g/mol. The van der Waals surface area contributed by atoms with Crippen LogP contribution < -0.4 is 5.32 Å². The maximum absolute atomic E-state index is 11.2. The van der Waals surface area contributed by atoms with E-state index in [0.717, 1.165) is 30.5 Å². The van der Waals surface area contributed by atoms with Crippen molar-refractivity contribution in [1.82, 2.24) is 15.0 Å². The SMILES string of the molecule is O=C(O)C1CC(O)C(Nc2nc(-c3ccccn3)nc3c2CCC3)C1. The Morgan fingerprint density at radius 2 is 2.08 bits per heavy atom. The molecule has 2 aromatic rings. The first-order valence-electron chi connectivity index (χ1n) is 8.60. The van der Waals surface area contributed by atoms with Gasteiger partial charge in [0.05, 0.1) is 18.1 Å². The number of carboxylic acids is 1. The number of aromatic nitrogens is 3. The summed E-state index contributed by atoms with van der Waals surface area (Å²) in [5.41, 5.74) is 2.79. The predicted octanol–water partition coefficient (Wildman–Crippen LogP) is 1.66. The Balaban J connectivity index is 1.65. The summed E-state index contributed by atoms with van der Waals surface area (Å²) in [5.74, 6) is -0.104. The van der Waals surface area contributed by atoms with E-state index in [-0.39, 0.29) is 12.5 Å². The molecule has 3 unspecified atom stereocenters. The lowest BCUT2D eigenvalue weighted by molar-refractivity contribution is -0.141. The number of nitrogens with one attached hydrogen (secondary N) is 1. The summed E-state index contributed by atoms with van der Waals surface area (Å²) in [4.78, 5) is 24.8. The van der Waals surface area contributed by atoms with E-state index < -0.39 is 18.0 Å². The molecule has 0 aromatic carbocycles. The van der Waals surface area contributed by atoms with Crippen molar-refractivity contribution in [3.05, 3.63) is 35.7 Å². The van der Waals surface area contributed by atoms with Crippen LogP contribution in [-0.4, -0.2) is 43.3 Å². The minimum absolute atomic E-state index is 0.271. The van der Waals surface area contributed by atoms with Gasteiger partial charge in [-0.3, -0.25) is 9.78 Å². The van der Waals surface area contributed by atoms with Gasteiger partial charge in [0, 0.05) is 17.5 Å². The number of hydrogen-bond acceptors (Lipinski definition) is 6. The molecule has 4 rings (SSSR count). The van der Waals surface area contributed by atoms with Crippen molar-refractivity contribution in [2.75, 3.05) is 5.32 Å². The highest BCUT2D eigenvalue weighted by molar-refractivity contribution is 5.71. The van der Waals surface area contributed by atoms with Gasteiger partial charge < -0.3 is 15.5 Å². The van der Waals surface area contributed by atoms with Crippen LogP contribution in [0, 0.1) is 5.92 Å². The van der Waals surface area contributed by atoms with E-state index in [0.29, 0.717) is 23.8 Å². The van der Waals surface area contributed by atoms with Crippen LogP contribution >= 0.6 is 0 Å². The van der Waals surface area contributed by atoms with Gasteiger partial charge in [0.2, 0.25) is 0 Å². The highest BCUT2D eigenvalue weighted by Gasteiger charge is 2.37. The van der Waals surface area contributed by atoms with Gasteiger partial charge in [-0.2, -0.15) is 0 Å². The second-order valence-corrected chi connectivity index (χ2v) is 6.71. The van der Waals surface area contributed by atoms with Crippen molar-refractivity contribution < 1.29 is 15.0 Å². The number of anilines is 1. The van der Waals surface area contributed by atoms with Crippen LogP contribution in [-0.2, 0) is 17.6 Å². The number of nitrogens with zero attached hydrogens (tertiary/aromatic N) is 3. The fourth-order valence-electron chi connectivity index (χ4n) is 3.71. The average Bonchev–Trinajstić information content (AvgIpc) is 3.23. The third-order valence-electron chi connectivity index (χ3n) is 5.03. The minimum atomic E-state index is -0.856. The molecule has 3 N–H and O–H groups in total. The van der Waals surface area contributed by atoms with E-state index >= 15 is 0 Å². The van der Waals surface area contributed by atoms with E-state index in [1.165, 1.54) is 0 Å². The number of fused-ring (bicyclic) bond motifs is 1. The van der Waals surface area contributed by atoms with Gasteiger partial charge in [-0.05, 0) is 44.2 Å². The molecule has 0 radical (unpaired) electrons. The van der Waals surface area contributed by atoms with Crippen molar-refractivity contribution in [3.8, 4) is 11.5 Å². The van der Waals surface area contributed by atoms with Crippen LogP contribution in [0.3, 0.4) is 0 Å². The Morgan fingerprint density at radius 3 is 2.80 bits per heavy atom. The van der Waals surface area contributed by atoms with Crippen molar-refractivity contribution in [3.63, 3.8) is 0 Å². The molecule has 7 heteroatoms. The number of aliphatic carboxylic acids is 1. The maximum Gasteiger partial charge on any atom is 0.306 e. The third kappa shape index (κ3) is 3.07. The number of pyridine rings is 1. The summed E-state index contributed by atoms with van der Waals surface area (Å²) in [6, 6.07) is 5.30. The third-order valence-corrected chi connectivity index (χ3v) is 5.03. The molecule has 0 aliphatic heterocycles. The second kappa shape index (κ2) is 6.40. The summed E-state index contributed by atoms with van der Waals surface area (Å²) in [7, 11) is 0. The summed E-state index contributed by atoms with van der Waals surface area (Å²) < 4.78 is 0. The zero-order valence-electron chi connectivity index (χ0n) is 13.7. The number of aliphatic hydroxyl groups is 1. The highest BCUT2D eigenvalue weighted by atomic mass is 16.4. The molecule has 7 nitrogen and oxygen atoms in total. The molecule has 0 amide bonds. The molecular weight excluding hydrogens is 320 g/mol. The lowest BCUT2D eigenvalue weighted by Crippen LogP contribution is -2.29. The van der Waals surface area contributed by atoms with E-state index in [9.17, 15) is 15.0 Å². The molecule has 0 spiro atoms. The lowest BCUT2D eigenvalue weighted by atomic mass is 10.1. The molecule has 0 bridgehead atoms. The van der Waals surface area contributed by atoms with Crippen LogP contribution in [0.5, 0.6) is 0 Å². The molecule has 2 aliphatic rings. The van der Waals surface area contributed by atoms with Gasteiger partial charge in [-0.25, -0.2) is 9.97 Å². The maximum atomic E-state index is 11.2.